The average molecular weight is 505 g/mol. The molecule has 0 atom stereocenters. The highest BCUT2D eigenvalue weighted by Crippen LogP contribution is 2.32. The predicted octanol–water partition coefficient (Wildman–Crippen LogP) is 3.97. The zero-order chi connectivity index (χ0) is 24.7. The molecule has 1 aliphatic heterocycles. The molecular weight excluding hydrogens is 488 g/mol. The maximum Gasteiger partial charge on any atom is 0.443 e. The van der Waals surface area contributed by atoms with E-state index in [1.165, 1.54) is 10.6 Å². The number of halogens is 6. The van der Waals surface area contributed by atoms with E-state index in [1.807, 2.05) is 0 Å². The second-order valence-corrected chi connectivity index (χ2v) is 8.69. The van der Waals surface area contributed by atoms with Gasteiger partial charge >= 0.3 is 18.0 Å². The van der Waals surface area contributed by atoms with E-state index >= 15 is 0 Å². The van der Waals surface area contributed by atoms with Gasteiger partial charge in [0.15, 0.2) is 11.6 Å². The molecule has 0 spiro atoms. The number of ether oxygens (including phenoxy) is 1. The van der Waals surface area contributed by atoms with Crippen LogP contribution in [0.15, 0.2) is 29.2 Å². The Morgan fingerprint density at radius 1 is 1.12 bits per heavy atom. The van der Waals surface area contributed by atoms with E-state index in [9.17, 15) is 31.1 Å². The van der Waals surface area contributed by atoms with Crippen LogP contribution in [-0.2, 0) is 25.7 Å². The molecule has 182 valence electrons. The maximum absolute atomic E-state index is 12.8. The van der Waals surface area contributed by atoms with Crippen LogP contribution in [0.4, 0.5) is 32.3 Å². The first kappa shape index (κ1) is 24.0. The van der Waals surface area contributed by atoms with Crippen molar-refractivity contribution in [3.05, 3.63) is 61.7 Å². The largest absolute Gasteiger partial charge is 0.484 e. The number of thiazole rings is 1. The molecule has 7 nitrogen and oxygen atoms in total. The summed E-state index contributed by atoms with van der Waals surface area (Å²) in [5.74, 6) is 0.566. The first-order valence-electron chi connectivity index (χ1n) is 9.93. The fourth-order valence-electron chi connectivity index (χ4n) is 3.46. The highest BCUT2D eigenvalue weighted by Gasteiger charge is 2.34. The van der Waals surface area contributed by atoms with Crippen molar-refractivity contribution < 1.29 is 31.1 Å². The monoisotopic (exact) mass is 505 g/mol. The smallest absolute Gasteiger partial charge is 0.443 e. The van der Waals surface area contributed by atoms with Crippen LogP contribution in [0.25, 0.3) is 0 Å². The van der Waals surface area contributed by atoms with Gasteiger partial charge in [-0.05, 0) is 36.6 Å². The van der Waals surface area contributed by atoms with Crippen LogP contribution in [0, 0.1) is 6.92 Å². The number of rotatable bonds is 5. The van der Waals surface area contributed by atoms with Crippen LogP contribution < -0.4 is 15.3 Å². The summed E-state index contributed by atoms with van der Waals surface area (Å²) >= 11 is 0.448. The van der Waals surface area contributed by atoms with E-state index in [4.69, 9.17) is 4.74 Å². The molecule has 4 rings (SSSR count). The molecule has 0 radical (unpaired) electrons. The van der Waals surface area contributed by atoms with Crippen molar-refractivity contribution in [2.45, 2.75) is 38.8 Å². The fraction of sp³-hybridized carbons (Fsp3) is 0.400. The number of hydrogen-bond acceptors (Lipinski definition) is 7. The zero-order valence-corrected chi connectivity index (χ0v) is 18.4. The normalized spacial score (nSPS) is 14.3. The molecule has 0 amide bonds. The van der Waals surface area contributed by atoms with E-state index in [-0.39, 0.29) is 28.9 Å². The van der Waals surface area contributed by atoms with Crippen LogP contribution >= 0.6 is 11.3 Å². The van der Waals surface area contributed by atoms with Gasteiger partial charge in [0.05, 0.1) is 6.54 Å². The van der Waals surface area contributed by atoms with Crippen molar-refractivity contribution in [2.24, 2.45) is 0 Å². The minimum atomic E-state index is -4.56. The number of benzene rings is 1. The Bertz CT molecular complexity index is 1250. The first-order valence-corrected chi connectivity index (χ1v) is 10.7. The number of hydrogen-bond donors (Lipinski definition) is 0. The van der Waals surface area contributed by atoms with Crippen molar-refractivity contribution in [1.82, 2.24) is 19.5 Å². The molecule has 1 aromatic carbocycles. The lowest BCUT2D eigenvalue weighted by Crippen LogP contribution is -2.36. The lowest BCUT2D eigenvalue weighted by molar-refractivity contribution is -0.153. The summed E-state index contributed by atoms with van der Waals surface area (Å²) in [5.41, 5.74) is 0.998. The second-order valence-electron chi connectivity index (χ2n) is 7.57. The Morgan fingerprint density at radius 2 is 1.88 bits per heavy atom. The third kappa shape index (κ3) is 5.48. The molecule has 2 aromatic heterocycles. The minimum Gasteiger partial charge on any atom is -0.484 e. The summed E-state index contributed by atoms with van der Waals surface area (Å²) in [6, 6.07) is 4.67. The molecule has 0 unspecified atom stereocenters. The number of alkyl halides is 6. The molecule has 0 bridgehead atoms. The van der Waals surface area contributed by atoms with Crippen molar-refractivity contribution in [2.75, 3.05) is 18.1 Å². The van der Waals surface area contributed by atoms with Gasteiger partial charge in [-0.2, -0.15) is 36.3 Å². The lowest BCUT2D eigenvalue weighted by atomic mass is 10.00. The van der Waals surface area contributed by atoms with Gasteiger partial charge in [-0.15, -0.1) is 11.3 Å². The van der Waals surface area contributed by atoms with E-state index in [0.717, 1.165) is 17.3 Å². The van der Waals surface area contributed by atoms with Crippen molar-refractivity contribution in [3.8, 4) is 5.75 Å². The quantitative estimate of drug-likeness (QED) is 0.489. The molecule has 0 fully saturated rings. The molecule has 0 N–H and O–H groups in total. The number of aryl methyl sites for hydroxylation is 1. The summed E-state index contributed by atoms with van der Waals surface area (Å²) in [5, 5.41) is -0.996. The summed E-state index contributed by atoms with van der Waals surface area (Å²) in [6.07, 6.45) is -7.44. The van der Waals surface area contributed by atoms with Gasteiger partial charge in [-0.25, -0.2) is 9.78 Å². The van der Waals surface area contributed by atoms with E-state index < -0.39 is 29.7 Å². The molecule has 0 saturated heterocycles. The predicted molar refractivity (Wildman–Crippen MR) is 110 cm³/mol. The summed E-state index contributed by atoms with van der Waals surface area (Å²) in [6.45, 7) is 0.799. The maximum atomic E-state index is 12.8. The Morgan fingerprint density at radius 3 is 2.53 bits per heavy atom. The summed E-state index contributed by atoms with van der Waals surface area (Å²) < 4.78 is 81.3. The third-order valence-corrected chi connectivity index (χ3v) is 6.09. The van der Waals surface area contributed by atoms with Gasteiger partial charge in [-0.3, -0.25) is 4.57 Å². The molecule has 3 heterocycles. The number of fused-ring (bicyclic) bond motifs is 1. The van der Waals surface area contributed by atoms with Gasteiger partial charge in [-0.1, -0.05) is 6.07 Å². The molecular formula is C20H17F6N5O2S. The van der Waals surface area contributed by atoms with Gasteiger partial charge in [0.1, 0.15) is 11.6 Å². The number of aromatic nitrogens is 4. The van der Waals surface area contributed by atoms with Crippen LogP contribution in [0.2, 0.25) is 0 Å². The number of nitrogens with zero attached hydrogens (tertiary/aromatic N) is 5. The van der Waals surface area contributed by atoms with Crippen LogP contribution in [-0.4, -0.2) is 38.8 Å². The zero-order valence-electron chi connectivity index (χ0n) is 17.6. The Labute approximate surface area is 192 Å². The van der Waals surface area contributed by atoms with Crippen molar-refractivity contribution in [1.29, 1.82) is 0 Å². The van der Waals surface area contributed by atoms with E-state index in [2.05, 4.69) is 15.0 Å². The lowest BCUT2D eigenvalue weighted by Gasteiger charge is -2.29. The minimum absolute atomic E-state index is 0.121. The average Bonchev–Trinajstić information content (AvgIpc) is 3.23. The summed E-state index contributed by atoms with van der Waals surface area (Å²) in [7, 11) is 0. The molecule has 1 aliphatic rings. The summed E-state index contributed by atoms with van der Waals surface area (Å²) in [4.78, 5) is 26.3. The Kier molecular flexibility index (Phi) is 6.27. The standard InChI is InChI=1S/C20H17F6N5O2S/c1-11-28-17(29-18(32)31(11)9-15-7-27-16(34-15)20(24,25)26)30-5-4-12-6-14(3-2-13(12)8-30)33-10-19(21,22)23/h2-3,6-7H,4-5,8-10H2,1H3. The van der Waals surface area contributed by atoms with Crippen molar-refractivity contribution >= 4 is 17.3 Å². The van der Waals surface area contributed by atoms with Gasteiger partial charge in [0.2, 0.25) is 5.95 Å². The topological polar surface area (TPSA) is 73.1 Å². The van der Waals surface area contributed by atoms with Crippen LogP contribution in [0.5, 0.6) is 5.75 Å². The SMILES string of the molecule is Cc1nc(N2CCc3cc(OCC(F)(F)F)ccc3C2)nc(=O)n1Cc1cnc(C(F)(F)F)s1. The first-order chi connectivity index (χ1) is 15.9. The fourth-order valence-corrected chi connectivity index (χ4v) is 4.23. The number of anilines is 1. The van der Waals surface area contributed by atoms with Gasteiger partial charge < -0.3 is 9.64 Å². The van der Waals surface area contributed by atoms with Crippen molar-refractivity contribution in [3.63, 3.8) is 0 Å². The van der Waals surface area contributed by atoms with E-state index in [1.54, 1.807) is 24.0 Å². The molecule has 0 aliphatic carbocycles. The molecule has 3 aromatic rings. The van der Waals surface area contributed by atoms with Gasteiger partial charge in [0, 0.05) is 24.2 Å². The second kappa shape index (κ2) is 8.89. The van der Waals surface area contributed by atoms with E-state index in [0.29, 0.717) is 30.8 Å². The Balaban J connectivity index is 1.48. The third-order valence-electron chi connectivity index (χ3n) is 5.06. The Hall–Kier alpha value is -3.16. The highest BCUT2D eigenvalue weighted by molar-refractivity contribution is 7.11. The van der Waals surface area contributed by atoms with Gasteiger partial charge in [0.25, 0.3) is 0 Å². The van der Waals surface area contributed by atoms with Crippen LogP contribution in [0.3, 0.4) is 0 Å². The molecule has 0 saturated carbocycles. The molecule has 34 heavy (non-hydrogen) atoms. The van der Waals surface area contributed by atoms with Crippen LogP contribution in [0.1, 0.15) is 26.8 Å². The highest BCUT2D eigenvalue weighted by atomic mass is 32.1. The molecule has 14 heteroatoms.